The SMILES string of the molecule is Cc1ccc(OC(C)C)c(N2C(=N)SCC2=O)c1. The van der Waals surface area contributed by atoms with Crippen molar-refractivity contribution in [1.82, 2.24) is 0 Å². The first-order chi connectivity index (χ1) is 8.49. The molecule has 1 fully saturated rings. The smallest absolute Gasteiger partial charge is 0.243 e. The first-order valence-corrected chi connectivity index (χ1v) is 6.79. The highest BCUT2D eigenvalue weighted by Crippen LogP contribution is 2.35. The molecule has 1 aliphatic heterocycles. The molecule has 0 aliphatic carbocycles. The summed E-state index contributed by atoms with van der Waals surface area (Å²) in [6.07, 6.45) is 0.0333. The number of rotatable bonds is 3. The zero-order valence-corrected chi connectivity index (χ0v) is 11.5. The van der Waals surface area contributed by atoms with Gasteiger partial charge in [0.05, 0.1) is 17.5 Å². The number of ether oxygens (including phenoxy) is 1. The van der Waals surface area contributed by atoms with Crippen LogP contribution in [0.3, 0.4) is 0 Å². The fraction of sp³-hybridized carbons (Fsp3) is 0.385. The van der Waals surface area contributed by atoms with Gasteiger partial charge in [-0.15, -0.1) is 0 Å². The third-order valence-electron chi connectivity index (χ3n) is 2.50. The van der Waals surface area contributed by atoms with Crippen LogP contribution in [0.15, 0.2) is 18.2 Å². The second kappa shape index (κ2) is 5.02. The number of hydrogen-bond donors (Lipinski definition) is 1. The second-order valence-corrected chi connectivity index (χ2v) is 5.42. The van der Waals surface area contributed by atoms with Gasteiger partial charge in [-0.3, -0.25) is 15.1 Å². The number of amides is 1. The van der Waals surface area contributed by atoms with Crippen molar-refractivity contribution in [2.24, 2.45) is 0 Å². The molecule has 2 rings (SSSR count). The summed E-state index contributed by atoms with van der Waals surface area (Å²) in [6.45, 7) is 5.84. The van der Waals surface area contributed by atoms with E-state index in [1.54, 1.807) is 0 Å². The molecule has 0 unspecified atom stereocenters. The van der Waals surface area contributed by atoms with Crippen LogP contribution in [0.1, 0.15) is 19.4 Å². The van der Waals surface area contributed by atoms with Crippen LogP contribution in [0, 0.1) is 12.3 Å². The Morgan fingerprint density at radius 1 is 1.44 bits per heavy atom. The van der Waals surface area contributed by atoms with Crippen LogP contribution in [-0.2, 0) is 4.79 Å². The third kappa shape index (κ3) is 2.51. The molecule has 4 nitrogen and oxygen atoms in total. The van der Waals surface area contributed by atoms with E-state index in [1.807, 2.05) is 39.0 Å². The predicted octanol–water partition coefficient (Wildman–Crippen LogP) is 2.80. The lowest BCUT2D eigenvalue weighted by atomic mass is 10.2. The van der Waals surface area contributed by atoms with Crippen LogP contribution in [-0.4, -0.2) is 22.9 Å². The monoisotopic (exact) mass is 264 g/mol. The van der Waals surface area contributed by atoms with Crippen molar-refractivity contribution in [2.45, 2.75) is 26.9 Å². The number of carbonyl (C=O) groups excluding carboxylic acids is 1. The lowest BCUT2D eigenvalue weighted by Gasteiger charge is -2.21. The lowest BCUT2D eigenvalue weighted by Crippen LogP contribution is -2.29. The van der Waals surface area contributed by atoms with Crippen molar-refractivity contribution in [3.05, 3.63) is 23.8 Å². The zero-order valence-electron chi connectivity index (χ0n) is 10.7. The summed E-state index contributed by atoms with van der Waals surface area (Å²) in [6, 6.07) is 5.68. The van der Waals surface area contributed by atoms with Gasteiger partial charge in [-0.05, 0) is 38.5 Å². The number of nitrogens with one attached hydrogen (secondary N) is 1. The Balaban J connectivity index is 2.44. The van der Waals surface area contributed by atoms with Crippen molar-refractivity contribution < 1.29 is 9.53 Å². The Morgan fingerprint density at radius 2 is 2.17 bits per heavy atom. The molecule has 18 heavy (non-hydrogen) atoms. The van der Waals surface area contributed by atoms with Gasteiger partial charge in [0.15, 0.2) is 5.17 Å². The second-order valence-electron chi connectivity index (χ2n) is 4.46. The minimum Gasteiger partial charge on any atom is -0.489 e. The maximum Gasteiger partial charge on any atom is 0.243 e. The molecular weight excluding hydrogens is 248 g/mol. The van der Waals surface area contributed by atoms with Crippen molar-refractivity contribution >= 4 is 28.5 Å². The summed E-state index contributed by atoms with van der Waals surface area (Å²) in [4.78, 5) is 13.3. The predicted molar refractivity (Wildman–Crippen MR) is 74.6 cm³/mol. The molecule has 1 heterocycles. The van der Waals surface area contributed by atoms with Gasteiger partial charge in [0.25, 0.3) is 0 Å². The van der Waals surface area contributed by atoms with Crippen LogP contribution in [0.25, 0.3) is 0 Å². The molecule has 0 atom stereocenters. The van der Waals surface area contributed by atoms with Crippen molar-refractivity contribution in [3.8, 4) is 5.75 Å². The van der Waals surface area contributed by atoms with E-state index in [4.69, 9.17) is 10.1 Å². The van der Waals surface area contributed by atoms with Crippen LogP contribution in [0.4, 0.5) is 5.69 Å². The molecule has 1 N–H and O–H groups in total. The topological polar surface area (TPSA) is 53.4 Å². The summed E-state index contributed by atoms with van der Waals surface area (Å²) < 4.78 is 5.71. The molecular formula is C13H16N2O2S. The van der Waals surface area contributed by atoms with E-state index >= 15 is 0 Å². The Labute approximate surface area is 111 Å². The van der Waals surface area contributed by atoms with E-state index in [-0.39, 0.29) is 17.2 Å². The Kier molecular flexibility index (Phi) is 3.61. The summed E-state index contributed by atoms with van der Waals surface area (Å²) in [5.74, 6) is 0.911. The number of benzene rings is 1. The van der Waals surface area contributed by atoms with E-state index in [0.29, 0.717) is 17.2 Å². The van der Waals surface area contributed by atoms with E-state index in [0.717, 1.165) is 5.56 Å². The number of aryl methyl sites for hydroxylation is 1. The zero-order chi connectivity index (χ0) is 13.3. The molecule has 96 valence electrons. The Bertz CT molecular complexity index is 484. The molecule has 1 aromatic carbocycles. The van der Waals surface area contributed by atoms with Gasteiger partial charge < -0.3 is 4.74 Å². The maximum atomic E-state index is 11.8. The molecule has 1 aromatic rings. The number of hydrogen-bond acceptors (Lipinski definition) is 4. The van der Waals surface area contributed by atoms with Crippen LogP contribution >= 0.6 is 11.8 Å². The molecule has 0 spiro atoms. The highest BCUT2D eigenvalue weighted by Gasteiger charge is 2.30. The number of thioether (sulfide) groups is 1. The summed E-state index contributed by atoms with van der Waals surface area (Å²) >= 11 is 1.25. The normalized spacial score (nSPS) is 15.7. The van der Waals surface area contributed by atoms with Crippen LogP contribution in [0.5, 0.6) is 5.75 Å². The van der Waals surface area contributed by atoms with E-state index in [1.165, 1.54) is 16.7 Å². The number of amidine groups is 1. The molecule has 0 radical (unpaired) electrons. The maximum absolute atomic E-state index is 11.8. The number of anilines is 1. The lowest BCUT2D eigenvalue weighted by molar-refractivity contribution is -0.115. The average Bonchev–Trinajstić information content (AvgIpc) is 2.61. The van der Waals surface area contributed by atoms with Crippen molar-refractivity contribution in [1.29, 1.82) is 5.41 Å². The number of carbonyl (C=O) groups is 1. The highest BCUT2D eigenvalue weighted by molar-refractivity contribution is 8.15. The standard InChI is InChI=1S/C13H16N2O2S/c1-8(2)17-11-5-4-9(3)6-10(11)15-12(16)7-18-13(15)14/h4-6,8,14H,7H2,1-3H3. The quantitative estimate of drug-likeness (QED) is 0.913. The number of nitrogens with zero attached hydrogens (tertiary/aromatic N) is 1. The first kappa shape index (κ1) is 13.0. The fourth-order valence-electron chi connectivity index (χ4n) is 1.77. The fourth-order valence-corrected chi connectivity index (χ4v) is 2.49. The molecule has 1 aliphatic rings. The molecule has 0 bridgehead atoms. The summed E-state index contributed by atoms with van der Waals surface area (Å²) in [5.41, 5.74) is 1.71. The molecule has 0 saturated carbocycles. The largest absolute Gasteiger partial charge is 0.489 e. The van der Waals surface area contributed by atoms with Gasteiger partial charge in [0.2, 0.25) is 5.91 Å². The molecule has 1 amide bonds. The average molecular weight is 264 g/mol. The molecule has 1 saturated heterocycles. The van der Waals surface area contributed by atoms with Gasteiger partial charge in [0, 0.05) is 0 Å². The van der Waals surface area contributed by atoms with Crippen LogP contribution in [0.2, 0.25) is 0 Å². The van der Waals surface area contributed by atoms with Crippen molar-refractivity contribution in [3.63, 3.8) is 0 Å². The van der Waals surface area contributed by atoms with Gasteiger partial charge >= 0.3 is 0 Å². The van der Waals surface area contributed by atoms with Gasteiger partial charge in [-0.25, -0.2) is 0 Å². The van der Waals surface area contributed by atoms with Gasteiger partial charge in [-0.2, -0.15) is 0 Å². The van der Waals surface area contributed by atoms with Gasteiger partial charge in [-0.1, -0.05) is 17.8 Å². The molecule has 0 aromatic heterocycles. The Morgan fingerprint density at radius 3 is 2.72 bits per heavy atom. The molecule has 5 heteroatoms. The van der Waals surface area contributed by atoms with E-state index in [2.05, 4.69) is 0 Å². The highest BCUT2D eigenvalue weighted by atomic mass is 32.2. The summed E-state index contributed by atoms with van der Waals surface area (Å²) in [7, 11) is 0. The van der Waals surface area contributed by atoms with Gasteiger partial charge in [0.1, 0.15) is 5.75 Å². The minimum absolute atomic E-state index is 0.0333. The van der Waals surface area contributed by atoms with E-state index in [9.17, 15) is 4.79 Å². The Hall–Kier alpha value is -1.49. The first-order valence-electron chi connectivity index (χ1n) is 5.80. The van der Waals surface area contributed by atoms with Crippen LogP contribution < -0.4 is 9.64 Å². The minimum atomic E-state index is -0.0655. The summed E-state index contributed by atoms with van der Waals surface area (Å²) in [5, 5.41) is 8.10. The van der Waals surface area contributed by atoms with Crippen molar-refractivity contribution in [2.75, 3.05) is 10.7 Å². The van der Waals surface area contributed by atoms with E-state index < -0.39 is 0 Å². The third-order valence-corrected chi connectivity index (χ3v) is 3.35.